The highest BCUT2D eigenvalue weighted by Crippen LogP contribution is 2.39. The first-order valence-corrected chi connectivity index (χ1v) is 11.7. The van der Waals surface area contributed by atoms with E-state index in [-0.39, 0.29) is 76.4 Å². The van der Waals surface area contributed by atoms with Gasteiger partial charge in [-0.3, -0.25) is 29.0 Å². The Morgan fingerprint density at radius 2 is 0.971 bits per heavy atom. The fourth-order valence-electron chi connectivity index (χ4n) is 4.05. The first-order valence-electron chi connectivity index (χ1n) is 11.7. The minimum atomic E-state index is -1.29. The topological polar surface area (TPSA) is 130 Å². The van der Waals surface area contributed by atoms with E-state index < -0.39 is 17.4 Å². The molecule has 192 valence electrons. The lowest BCUT2D eigenvalue weighted by molar-refractivity contribution is -0.465. The average molecular weight is 494 g/mol. The molecule has 1 spiro atoms. The van der Waals surface area contributed by atoms with Crippen LogP contribution in [-0.2, 0) is 47.6 Å². The van der Waals surface area contributed by atoms with Crippen molar-refractivity contribution >= 4 is 23.6 Å². The van der Waals surface area contributed by atoms with Gasteiger partial charge >= 0.3 is 0 Å². The van der Waals surface area contributed by atoms with Gasteiger partial charge in [0.1, 0.15) is 0 Å². The van der Waals surface area contributed by atoms with Crippen molar-refractivity contribution in [1.29, 1.82) is 0 Å². The second-order valence-electron chi connectivity index (χ2n) is 8.75. The van der Waals surface area contributed by atoms with Gasteiger partial charge in [0.2, 0.25) is 0 Å². The van der Waals surface area contributed by atoms with E-state index in [9.17, 15) is 19.2 Å². The van der Waals surface area contributed by atoms with Crippen molar-refractivity contribution in [2.75, 3.05) is 52.7 Å². The Morgan fingerprint density at radius 1 is 0.657 bits per heavy atom. The summed E-state index contributed by atoms with van der Waals surface area (Å²) < 4.78 is 35.5. The summed E-state index contributed by atoms with van der Waals surface area (Å²) in [6, 6.07) is 0. The molecule has 0 radical (unpaired) electrons. The smallest absolute Gasteiger partial charge is 0.282 e. The van der Waals surface area contributed by atoms with Crippen LogP contribution in [0, 0.1) is 5.41 Å². The lowest BCUT2D eigenvalue weighted by Crippen LogP contribution is -2.60. The molecular formula is C23H30N2O10. The van der Waals surface area contributed by atoms with Gasteiger partial charge in [0, 0.05) is 37.1 Å². The molecule has 4 rings (SSSR count). The molecule has 0 aliphatic carbocycles. The SMILES string of the molecule is CCC1(OCCN2C(=O)C=CC2=O)OCC2(CO1)COC(CC)(OCCN1C(=O)C=CC1=O)OC2. The van der Waals surface area contributed by atoms with E-state index in [0.717, 1.165) is 9.80 Å². The van der Waals surface area contributed by atoms with Crippen molar-refractivity contribution < 1.29 is 47.6 Å². The Morgan fingerprint density at radius 3 is 1.26 bits per heavy atom. The summed E-state index contributed by atoms with van der Waals surface area (Å²) in [4.78, 5) is 48.9. The number of rotatable bonds is 10. The van der Waals surface area contributed by atoms with Gasteiger partial charge in [-0.05, 0) is 0 Å². The molecule has 0 atom stereocenters. The molecule has 0 aromatic carbocycles. The number of amides is 4. The van der Waals surface area contributed by atoms with Crippen molar-refractivity contribution in [3.8, 4) is 0 Å². The third-order valence-electron chi connectivity index (χ3n) is 6.33. The van der Waals surface area contributed by atoms with Crippen molar-refractivity contribution in [1.82, 2.24) is 9.80 Å². The molecule has 0 bridgehead atoms. The van der Waals surface area contributed by atoms with Gasteiger partial charge in [-0.2, -0.15) is 0 Å². The first-order chi connectivity index (χ1) is 16.7. The molecule has 0 aromatic rings. The standard InChI is InChI=1S/C23H30N2O10/c1-3-22(30-11-9-24-17(26)5-6-18(24)27)32-13-21(14-33-22)15-34-23(4-2,35-16-21)31-12-10-25-19(28)7-8-20(25)29/h5-8H,3-4,9-16H2,1-2H3. The summed E-state index contributed by atoms with van der Waals surface area (Å²) in [5.74, 6) is -4.07. The maximum absolute atomic E-state index is 11.7. The Kier molecular flexibility index (Phi) is 7.50. The molecular weight excluding hydrogens is 464 g/mol. The van der Waals surface area contributed by atoms with Crippen LogP contribution in [0.2, 0.25) is 0 Å². The van der Waals surface area contributed by atoms with Crippen molar-refractivity contribution in [2.45, 2.75) is 38.6 Å². The number of carbonyl (C=O) groups excluding carboxylic acids is 4. The molecule has 4 heterocycles. The lowest BCUT2D eigenvalue weighted by Gasteiger charge is -2.50. The van der Waals surface area contributed by atoms with Crippen LogP contribution >= 0.6 is 0 Å². The molecule has 2 fully saturated rings. The number of nitrogens with zero attached hydrogens (tertiary/aromatic N) is 2. The second-order valence-corrected chi connectivity index (χ2v) is 8.75. The zero-order valence-electron chi connectivity index (χ0n) is 19.9. The van der Waals surface area contributed by atoms with Crippen LogP contribution in [0.5, 0.6) is 0 Å². The van der Waals surface area contributed by atoms with Gasteiger partial charge in [0.25, 0.3) is 35.6 Å². The average Bonchev–Trinajstić information content (AvgIpc) is 3.37. The van der Waals surface area contributed by atoms with Crippen molar-refractivity contribution in [2.24, 2.45) is 5.41 Å². The van der Waals surface area contributed by atoms with E-state index in [0.29, 0.717) is 12.8 Å². The summed E-state index contributed by atoms with van der Waals surface area (Å²) in [5.41, 5.74) is -0.570. The summed E-state index contributed by atoms with van der Waals surface area (Å²) >= 11 is 0. The Balaban J connectivity index is 1.23. The number of hydrogen-bond acceptors (Lipinski definition) is 10. The third kappa shape index (κ3) is 5.37. The number of hydrogen-bond donors (Lipinski definition) is 0. The summed E-state index contributed by atoms with van der Waals surface area (Å²) in [6.07, 6.45) is 5.69. The normalized spacial score (nSPS) is 33.1. The van der Waals surface area contributed by atoms with Crippen LogP contribution in [0.15, 0.2) is 24.3 Å². The highest BCUT2D eigenvalue weighted by atomic mass is 16.9. The van der Waals surface area contributed by atoms with E-state index in [4.69, 9.17) is 28.4 Å². The van der Waals surface area contributed by atoms with E-state index in [2.05, 4.69) is 0 Å². The maximum Gasteiger partial charge on any atom is 0.282 e. The fraction of sp³-hybridized carbons (Fsp3) is 0.652. The van der Waals surface area contributed by atoms with Crippen LogP contribution < -0.4 is 0 Å². The van der Waals surface area contributed by atoms with Crippen LogP contribution in [-0.4, -0.2) is 98.1 Å². The summed E-state index contributed by atoms with van der Waals surface area (Å²) in [7, 11) is 0. The molecule has 12 nitrogen and oxygen atoms in total. The Labute approximate surface area is 202 Å². The Hall–Kier alpha value is -2.48. The van der Waals surface area contributed by atoms with E-state index in [1.165, 1.54) is 24.3 Å². The molecule has 0 saturated carbocycles. The molecule has 4 aliphatic rings. The number of imide groups is 2. The summed E-state index contributed by atoms with van der Waals surface area (Å²) in [6.45, 7) is 4.99. The van der Waals surface area contributed by atoms with Crippen molar-refractivity contribution in [3.63, 3.8) is 0 Å². The van der Waals surface area contributed by atoms with Gasteiger partial charge in [0.15, 0.2) is 0 Å². The van der Waals surface area contributed by atoms with Gasteiger partial charge in [-0.15, -0.1) is 0 Å². The number of carbonyl (C=O) groups is 4. The highest BCUT2D eigenvalue weighted by Gasteiger charge is 2.51. The van der Waals surface area contributed by atoms with Crippen LogP contribution in [0.3, 0.4) is 0 Å². The van der Waals surface area contributed by atoms with Crippen LogP contribution in [0.25, 0.3) is 0 Å². The van der Waals surface area contributed by atoms with Gasteiger partial charge in [0.05, 0.1) is 58.1 Å². The molecule has 35 heavy (non-hydrogen) atoms. The molecule has 12 heteroatoms. The minimum Gasteiger partial charge on any atom is -0.327 e. The van der Waals surface area contributed by atoms with E-state index in [1.807, 2.05) is 13.8 Å². The molecule has 0 aromatic heterocycles. The molecule has 0 unspecified atom stereocenters. The van der Waals surface area contributed by atoms with Gasteiger partial charge in [-0.1, -0.05) is 13.8 Å². The second kappa shape index (κ2) is 10.2. The van der Waals surface area contributed by atoms with Gasteiger partial charge < -0.3 is 28.4 Å². The van der Waals surface area contributed by atoms with Crippen molar-refractivity contribution in [3.05, 3.63) is 24.3 Å². The third-order valence-corrected chi connectivity index (χ3v) is 6.33. The molecule has 4 aliphatic heterocycles. The summed E-state index contributed by atoms with van der Waals surface area (Å²) in [5, 5.41) is 0. The predicted octanol–water partition coefficient (Wildman–Crippen LogP) is 0.0772. The van der Waals surface area contributed by atoms with E-state index in [1.54, 1.807) is 0 Å². The maximum atomic E-state index is 11.7. The fourth-order valence-corrected chi connectivity index (χ4v) is 4.05. The van der Waals surface area contributed by atoms with Crippen LogP contribution in [0.4, 0.5) is 0 Å². The molecule has 0 N–H and O–H groups in total. The predicted molar refractivity (Wildman–Crippen MR) is 116 cm³/mol. The monoisotopic (exact) mass is 494 g/mol. The van der Waals surface area contributed by atoms with Gasteiger partial charge in [-0.25, -0.2) is 0 Å². The Bertz CT molecular complexity index is 800. The zero-order valence-corrected chi connectivity index (χ0v) is 19.9. The zero-order chi connectivity index (χ0) is 25.1. The number of ether oxygens (including phenoxy) is 6. The quantitative estimate of drug-likeness (QED) is 0.385. The van der Waals surface area contributed by atoms with Crippen LogP contribution in [0.1, 0.15) is 26.7 Å². The highest BCUT2D eigenvalue weighted by molar-refractivity contribution is 6.13. The first kappa shape index (κ1) is 25.6. The molecule has 4 amide bonds. The largest absolute Gasteiger partial charge is 0.327 e. The van der Waals surface area contributed by atoms with E-state index >= 15 is 0 Å². The lowest BCUT2D eigenvalue weighted by atomic mass is 9.90. The molecule has 2 saturated heterocycles. The minimum absolute atomic E-state index is 0.0668.